The zero-order chi connectivity index (χ0) is 19.7. The number of aryl methyl sites for hydroxylation is 3. The lowest BCUT2D eigenvalue weighted by atomic mass is 10.1. The third-order valence-corrected chi connectivity index (χ3v) is 5.24. The van der Waals surface area contributed by atoms with Gasteiger partial charge in [-0.15, -0.1) is 0 Å². The number of hydrogen-bond donors (Lipinski definition) is 0. The summed E-state index contributed by atoms with van der Waals surface area (Å²) in [6.07, 6.45) is 1.65. The zero-order valence-corrected chi connectivity index (χ0v) is 16.6. The number of amides is 1. The van der Waals surface area contributed by atoms with Gasteiger partial charge >= 0.3 is 0 Å². The number of pyridine rings is 1. The van der Waals surface area contributed by atoms with E-state index >= 15 is 0 Å². The van der Waals surface area contributed by atoms with Gasteiger partial charge in [0, 0.05) is 43.8 Å². The van der Waals surface area contributed by atoms with E-state index in [1.807, 2.05) is 36.9 Å². The van der Waals surface area contributed by atoms with E-state index in [-0.39, 0.29) is 5.91 Å². The molecular weight excluding hydrogens is 350 g/mol. The molecule has 1 aliphatic heterocycles. The molecule has 1 fully saturated rings. The third kappa shape index (κ3) is 3.50. The Labute approximate surface area is 165 Å². The molecule has 0 unspecified atom stereocenters. The average Bonchev–Trinajstić information content (AvgIpc) is 3.06. The molecule has 6 nitrogen and oxygen atoms in total. The number of para-hydroxylation sites is 1. The predicted octanol–water partition coefficient (Wildman–Crippen LogP) is 3.15. The molecule has 0 saturated carbocycles. The van der Waals surface area contributed by atoms with Crippen LogP contribution in [0.3, 0.4) is 0 Å². The standard InChI is InChI=1S/C22H25N5O/c1-16-6-4-5-7-20(16)25-10-12-26(13-11-25)22(28)19-8-9-21(23-15-19)27-18(3)14-17(2)24-27/h4-9,14-15H,10-13H2,1-3H3. The molecule has 1 amide bonds. The Kier molecular flexibility index (Phi) is 4.86. The van der Waals surface area contributed by atoms with Gasteiger partial charge in [-0.05, 0) is 50.6 Å². The van der Waals surface area contributed by atoms with Crippen molar-refractivity contribution in [2.45, 2.75) is 20.8 Å². The van der Waals surface area contributed by atoms with Crippen LogP contribution in [-0.2, 0) is 0 Å². The van der Waals surface area contributed by atoms with Crippen molar-refractivity contribution in [3.05, 3.63) is 71.2 Å². The quantitative estimate of drug-likeness (QED) is 0.706. The second kappa shape index (κ2) is 7.46. The van der Waals surface area contributed by atoms with Crippen molar-refractivity contribution in [3.63, 3.8) is 0 Å². The Morgan fingerprint density at radius 1 is 0.964 bits per heavy atom. The Bertz CT molecular complexity index is 984. The van der Waals surface area contributed by atoms with Crippen LogP contribution in [0.15, 0.2) is 48.7 Å². The van der Waals surface area contributed by atoms with Gasteiger partial charge < -0.3 is 9.80 Å². The summed E-state index contributed by atoms with van der Waals surface area (Å²) >= 11 is 0. The topological polar surface area (TPSA) is 54.3 Å². The van der Waals surface area contributed by atoms with Crippen molar-refractivity contribution in [2.75, 3.05) is 31.1 Å². The van der Waals surface area contributed by atoms with Gasteiger partial charge in [0.2, 0.25) is 0 Å². The van der Waals surface area contributed by atoms with Crippen LogP contribution in [-0.4, -0.2) is 51.8 Å². The molecule has 144 valence electrons. The molecular formula is C22H25N5O. The van der Waals surface area contributed by atoms with Crippen LogP contribution < -0.4 is 4.90 Å². The highest BCUT2D eigenvalue weighted by Gasteiger charge is 2.23. The molecule has 1 aromatic carbocycles. The van der Waals surface area contributed by atoms with Crippen LogP contribution in [0, 0.1) is 20.8 Å². The first-order valence-electron chi connectivity index (χ1n) is 9.62. The number of aromatic nitrogens is 3. The summed E-state index contributed by atoms with van der Waals surface area (Å²) < 4.78 is 1.80. The van der Waals surface area contributed by atoms with Crippen molar-refractivity contribution < 1.29 is 4.79 Å². The van der Waals surface area contributed by atoms with E-state index in [2.05, 4.69) is 46.2 Å². The molecule has 0 aliphatic carbocycles. The average molecular weight is 375 g/mol. The summed E-state index contributed by atoms with van der Waals surface area (Å²) in [4.78, 5) is 21.6. The fraction of sp³-hybridized carbons (Fsp3) is 0.318. The SMILES string of the molecule is Cc1cc(C)n(-c2ccc(C(=O)N3CCN(c4ccccc4C)CC3)cn2)n1. The number of nitrogens with zero attached hydrogens (tertiary/aromatic N) is 5. The largest absolute Gasteiger partial charge is 0.368 e. The van der Waals surface area contributed by atoms with Gasteiger partial charge in [0.25, 0.3) is 5.91 Å². The summed E-state index contributed by atoms with van der Waals surface area (Å²) in [5, 5.41) is 4.44. The zero-order valence-electron chi connectivity index (χ0n) is 16.6. The van der Waals surface area contributed by atoms with Crippen LogP contribution in [0.4, 0.5) is 5.69 Å². The maximum atomic E-state index is 12.9. The lowest BCUT2D eigenvalue weighted by Crippen LogP contribution is -2.49. The van der Waals surface area contributed by atoms with Crippen LogP contribution in [0.1, 0.15) is 27.3 Å². The van der Waals surface area contributed by atoms with Crippen molar-refractivity contribution in [1.82, 2.24) is 19.7 Å². The summed E-state index contributed by atoms with van der Waals surface area (Å²) in [7, 11) is 0. The van der Waals surface area contributed by atoms with E-state index in [9.17, 15) is 4.79 Å². The first kappa shape index (κ1) is 18.2. The molecule has 3 aromatic rings. The van der Waals surface area contributed by atoms with Crippen molar-refractivity contribution in [1.29, 1.82) is 0 Å². The van der Waals surface area contributed by atoms with E-state index in [1.54, 1.807) is 10.9 Å². The van der Waals surface area contributed by atoms with Crippen molar-refractivity contribution in [2.24, 2.45) is 0 Å². The molecule has 0 N–H and O–H groups in total. The number of carbonyl (C=O) groups excluding carboxylic acids is 1. The number of hydrogen-bond acceptors (Lipinski definition) is 4. The Morgan fingerprint density at radius 3 is 2.32 bits per heavy atom. The molecule has 2 aromatic heterocycles. The molecule has 1 aliphatic rings. The number of rotatable bonds is 3. The summed E-state index contributed by atoms with van der Waals surface area (Å²) in [6, 6.07) is 14.1. The number of benzene rings is 1. The predicted molar refractivity (Wildman–Crippen MR) is 110 cm³/mol. The molecule has 0 radical (unpaired) electrons. The van der Waals surface area contributed by atoms with E-state index in [0.29, 0.717) is 18.7 Å². The third-order valence-electron chi connectivity index (χ3n) is 5.24. The van der Waals surface area contributed by atoms with E-state index in [4.69, 9.17) is 0 Å². The van der Waals surface area contributed by atoms with Gasteiger partial charge in [0.05, 0.1) is 11.3 Å². The van der Waals surface area contributed by atoms with Crippen LogP contribution >= 0.6 is 0 Å². The minimum absolute atomic E-state index is 0.0388. The number of anilines is 1. The molecule has 28 heavy (non-hydrogen) atoms. The monoisotopic (exact) mass is 375 g/mol. The summed E-state index contributed by atoms with van der Waals surface area (Å²) in [5.41, 5.74) is 5.12. The van der Waals surface area contributed by atoms with Crippen LogP contribution in [0.25, 0.3) is 5.82 Å². The highest BCUT2D eigenvalue weighted by Crippen LogP contribution is 2.21. The Hall–Kier alpha value is -3.15. The number of carbonyl (C=O) groups is 1. The maximum absolute atomic E-state index is 12.9. The van der Waals surface area contributed by atoms with Crippen molar-refractivity contribution in [3.8, 4) is 5.82 Å². The second-order valence-electron chi connectivity index (χ2n) is 7.31. The van der Waals surface area contributed by atoms with Crippen LogP contribution in [0.2, 0.25) is 0 Å². The Morgan fingerprint density at radius 2 is 1.71 bits per heavy atom. The summed E-state index contributed by atoms with van der Waals surface area (Å²) in [6.45, 7) is 9.19. The molecule has 6 heteroatoms. The summed E-state index contributed by atoms with van der Waals surface area (Å²) in [5.74, 6) is 0.767. The maximum Gasteiger partial charge on any atom is 0.255 e. The fourth-order valence-electron chi connectivity index (χ4n) is 3.75. The number of piperazine rings is 1. The fourth-order valence-corrected chi connectivity index (χ4v) is 3.75. The molecule has 0 spiro atoms. The van der Waals surface area contributed by atoms with E-state index in [1.165, 1.54) is 11.3 Å². The molecule has 1 saturated heterocycles. The van der Waals surface area contributed by atoms with Gasteiger partial charge in [0.15, 0.2) is 5.82 Å². The highest BCUT2D eigenvalue weighted by atomic mass is 16.2. The lowest BCUT2D eigenvalue weighted by molar-refractivity contribution is 0.0746. The normalized spacial score (nSPS) is 14.4. The molecule has 3 heterocycles. The lowest BCUT2D eigenvalue weighted by Gasteiger charge is -2.36. The minimum atomic E-state index is 0.0388. The van der Waals surface area contributed by atoms with E-state index in [0.717, 1.165) is 30.3 Å². The first-order chi connectivity index (χ1) is 13.5. The molecule has 0 bridgehead atoms. The van der Waals surface area contributed by atoms with Crippen LogP contribution in [0.5, 0.6) is 0 Å². The van der Waals surface area contributed by atoms with Gasteiger partial charge in [-0.1, -0.05) is 18.2 Å². The van der Waals surface area contributed by atoms with Gasteiger partial charge in [-0.2, -0.15) is 5.10 Å². The first-order valence-corrected chi connectivity index (χ1v) is 9.62. The second-order valence-corrected chi connectivity index (χ2v) is 7.31. The van der Waals surface area contributed by atoms with Crippen molar-refractivity contribution >= 4 is 11.6 Å². The Balaban J connectivity index is 1.43. The van der Waals surface area contributed by atoms with Gasteiger partial charge in [0.1, 0.15) is 0 Å². The smallest absolute Gasteiger partial charge is 0.255 e. The van der Waals surface area contributed by atoms with Gasteiger partial charge in [-0.3, -0.25) is 4.79 Å². The molecule has 4 rings (SSSR count). The van der Waals surface area contributed by atoms with Gasteiger partial charge in [-0.25, -0.2) is 9.67 Å². The minimum Gasteiger partial charge on any atom is -0.368 e. The molecule has 0 atom stereocenters. The van der Waals surface area contributed by atoms with E-state index < -0.39 is 0 Å². The highest BCUT2D eigenvalue weighted by molar-refractivity contribution is 5.94.